The van der Waals surface area contributed by atoms with Crippen molar-refractivity contribution in [3.63, 3.8) is 0 Å². The molecule has 0 saturated heterocycles. The maximum atomic E-state index is 5.61. The van der Waals surface area contributed by atoms with E-state index < -0.39 is 0 Å². The molecule has 5 nitrogen and oxygen atoms in total. The van der Waals surface area contributed by atoms with Gasteiger partial charge in [0.2, 0.25) is 0 Å². The number of thiocarbonyl (C=S) groups is 1. The second-order valence-corrected chi connectivity index (χ2v) is 5.56. The SMILES string of the molecule is CC(C)Oc1ccc(CNC(=S)NN=Cc2cccnc2)cc1. The van der Waals surface area contributed by atoms with Gasteiger partial charge in [-0.1, -0.05) is 18.2 Å². The topological polar surface area (TPSA) is 58.5 Å². The largest absolute Gasteiger partial charge is 0.491 e. The van der Waals surface area contributed by atoms with E-state index in [1.54, 1.807) is 18.6 Å². The van der Waals surface area contributed by atoms with Gasteiger partial charge in [-0.2, -0.15) is 5.10 Å². The molecule has 6 heteroatoms. The van der Waals surface area contributed by atoms with Gasteiger partial charge in [0.05, 0.1) is 12.3 Å². The first-order chi connectivity index (χ1) is 11.1. The average Bonchev–Trinajstić information content (AvgIpc) is 2.55. The van der Waals surface area contributed by atoms with Crippen LogP contribution in [0.2, 0.25) is 0 Å². The summed E-state index contributed by atoms with van der Waals surface area (Å²) in [5, 5.41) is 7.62. The number of ether oxygens (including phenoxy) is 1. The van der Waals surface area contributed by atoms with Gasteiger partial charge >= 0.3 is 0 Å². The number of nitrogens with one attached hydrogen (secondary N) is 2. The van der Waals surface area contributed by atoms with Crippen molar-refractivity contribution in [3.8, 4) is 5.75 Å². The van der Waals surface area contributed by atoms with Gasteiger partial charge in [-0.25, -0.2) is 0 Å². The molecule has 2 N–H and O–H groups in total. The van der Waals surface area contributed by atoms with Crippen molar-refractivity contribution < 1.29 is 4.74 Å². The van der Waals surface area contributed by atoms with E-state index in [-0.39, 0.29) is 6.10 Å². The standard InChI is InChI=1S/C17H20N4OS/c1-13(2)22-16-7-5-14(6-8-16)11-19-17(23)21-20-12-15-4-3-9-18-10-15/h3-10,12-13H,11H2,1-2H3,(H2,19,21,23). The van der Waals surface area contributed by atoms with E-state index in [2.05, 4.69) is 20.8 Å². The zero-order valence-electron chi connectivity index (χ0n) is 13.2. The number of pyridine rings is 1. The fourth-order valence-electron chi connectivity index (χ4n) is 1.80. The normalized spacial score (nSPS) is 10.7. The van der Waals surface area contributed by atoms with Gasteiger partial charge in [0.1, 0.15) is 5.75 Å². The first-order valence-electron chi connectivity index (χ1n) is 7.36. The van der Waals surface area contributed by atoms with Crippen molar-refractivity contribution in [2.45, 2.75) is 26.5 Å². The maximum Gasteiger partial charge on any atom is 0.187 e. The van der Waals surface area contributed by atoms with Gasteiger partial charge in [0.25, 0.3) is 0 Å². The maximum absolute atomic E-state index is 5.61. The summed E-state index contributed by atoms with van der Waals surface area (Å²) >= 11 is 5.18. The summed E-state index contributed by atoms with van der Waals surface area (Å²) in [7, 11) is 0. The highest BCUT2D eigenvalue weighted by molar-refractivity contribution is 7.80. The van der Waals surface area contributed by atoms with Crippen molar-refractivity contribution in [1.29, 1.82) is 0 Å². The lowest BCUT2D eigenvalue weighted by Crippen LogP contribution is -2.31. The van der Waals surface area contributed by atoms with Crippen LogP contribution in [0.15, 0.2) is 53.9 Å². The van der Waals surface area contributed by atoms with Crippen LogP contribution in [-0.4, -0.2) is 22.4 Å². The van der Waals surface area contributed by atoms with Crippen molar-refractivity contribution in [2.75, 3.05) is 0 Å². The zero-order valence-corrected chi connectivity index (χ0v) is 14.0. The highest BCUT2D eigenvalue weighted by atomic mass is 32.1. The molecule has 0 aliphatic carbocycles. The van der Waals surface area contributed by atoms with Crippen LogP contribution in [-0.2, 0) is 6.54 Å². The summed E-state index contributed by atoms with van der Waals surface area (Å²) in [5.74, 6) is 0.866. The molecule has 0 saturated carbocycles. The Bertz CT molecular complexity index is 641. The molecule has 0 amide bonds. The van der Waals surface area contributed by atoms with Crippen LogP contribution in [0.4, 0.5) is 0 Å². The molecule has 1 aromatic heterocycles. The van der Waals surface area contributed by atoms with Crippen LogP contribution in [0.25, 0.3) is 0 Å². The fraction of sp³-hybridized carbons (Fsp3) is 0.235. The van der Waals surface area contributed by atoms with Gasteiger partial charge in [0, 0.05) is 24.5 Å². The molecule has 0 atom stereocenters. The third kappa shape index (κ3) is 6.44. The summed E-state index contributed by atoms with van der Waals surface area (Å²) in [6.07, 6.45) is 5.28. The highest BCUT2D eigenvalue weighted by Gasteiger charge is 1.99. The van der Waals surface area contributed by atoms with Crippen LogP contribution in [0.3, 0.4) is 0 Å². The van der Waals surface area contributed by atoms with E-state index in [9.17, 15) is 0 Å². The van der Waals surface area contributed by atoms with E-state index in [0.717, 1.165) is 16.9 Å². The second-order valence-electron chi connectivity index (χ2n) is 5.15. The van der Waals surface area contributed by atoms with Crippen LogP contribution in [0, 0.1) is 0 Å². The van der Waals surface area contributed by atoms with E-state index in [1.807, 2.05) is 50.2 Å². The third-order valence-electron chi connectivity index (χ3n) is 2.81. The fourth-order valence-corrected chi connectivity index (χ4v) is 1.92. The van der Waals surface area contributed by atoms with E-state index in [1.165, 1.54) is 0 Å². The predicted octanol–water partition coefficient (Wildman–Crippen LogP) is 2.87. The lowest BCUT2D eigenvalue weighted by Gasteiger charge is -2.11. The van der Waals surface area contributed by atoms with Gasteiger partial charge in [-0.15, -0.1) is 0 Å². The second kappa shape index (κ2) is 8.85. The Labute approximate surface area is 141 Å². The lowest BCUT2D eigenvalue weighted by molar-refractivity contribution is 0.242. The Morgan fingerprint density at radius 1 is 1.30 bits per heavy atom. The molecular formula is C17H20N4OS. The number of nitrogens with zero attached hydrogens (tertiary/aromatic N) is 2. The first kappa shape index (κ1) is 16.9. The molecule has 2 aromatic rings. The van der Waals surface area contributed by atoms with Gasteiger partial charge in [-0.3, -0.25) is 10.4 Å². The summed E-state index contributed by atoms with van der Waals surface area (Å²) in [6.45, 7) is 4.63. The van der Waals surface area contributed by atoms with Crippen molar-refractivity contribution in [2.24, 2.45) is 5.10 Å². The Balaban J connectivity index is 1.75. The smallest absolute Gasteiger partial charge is 0.187 e. The summed E-state index contributed by atoms with van der Waals surface area (Å²) < 4.78 is 5.61. The molecule has 0 radical (unpaired) electrons. The highest BCUT2D eigenvalue weighted by Crippen LogP contribution is 2.13. The third-order valence-corrected chi connectivity index (χ3v) is 3.05. The number of benzene rings is 1. The van der Waals surface area contributed by atoms with Crippen molar-refractivity contribution >= 4 is 23.5 Å². The molecule has 0 fully saturated rings. The van der Waals surface area contributed by atoms with Gasteiger partial charge in [0.15, 0.2) is 5.11 Å². The Morgan fingerprint density at radius 2 is 2.09 bits per heavy atom. The molecule has 120 valence electrons. The van der Waals surface area contributed by atoms with Crippen LogP contribution < -0.4 is 15.5 Å². The van der Waals surface area contributed by atoms with Gasteiger partial charge < -0.3 is 10.1 Å². The number of hydrogen-bond acceptors (Lipinski definition) is 4. The van der Waals surface area contributed by atoms with Crippen molar-refractivity contribution in [1.82, 2.24) is 15.7 Å². The van der Waals surface area contributed by atoms with Crippen LogP contribution >= 0.6 is 12.2 Å². The van der Waals surface area contributed by atoms with Crippen LogP contribution in [0.5, 0.6) is 5.75 Å². The number of hydrogen-bond donors (Lipinski definition) is 2. The molecule has 1 heterocycles. The molecule has 23 heavy (non-hydrogen) atoms. The summed E-state index contributed by atoms with van der Waals surface area (Å²) in [5.41, 5.74) is 4.79. The first-order valence-corrected chi connectivity index (χ1v) is 7.77. The molecule has 0 spiro atoms. The molecule has 0 bridgehead atoms. The molecule has 1 aromatic carbocycles. The molecule has 2 rings (SSSR count). The van der Waals surface area contributed by atoms with E-state index in [4.69, 9.17) is 17.0 Å². The predicted molar refractivity (Wildman–Crippen MR) is 96.6 cm³/mol. The molecule has 0 aliphatic rings. The quantitative estimate of drug-likeness (QED) is 0.485. The Hall–Kier alpha value is -2.47. The van der Waals surface area contributed by atoms with Crippen molar-refractivity contribution in [3.05, 3.63) is 59.9 Å². The van der Waals surface area contributed by atoms with E-state index >= 15 is 0 Å². The minimum Gasteiger partial charge on any atom is -0.491 e. The Kier molecular flexibility index (Phi) is 6.50. The average molecular weight is 328 g/mol. The minimum atomic E-state index is 0.174. The number of rotatable bonds is 6. The van der Waals surface area contributed by atoms with E-state index in [0.29, 0.717) is 11.7 Å². The molecular weight excluding hydrogens is 308 g/mol. The summed E-state index contributed by atoms with van der Waals surface area (Å²) in [4.78, 5) is 4.01. The zero-order chi connectivity index (χ0) is 16.5. The number of aromatic nitrogens is 1. The lowest BCUT2D eigenvalue weighted by atomic mass is 10.2. The number of hydrazone groups is 1. The Morgan fingerprint density at radius 3 is 2.74 bits per heavy atom. The van der Waals surface area contributed by atoms with Gasteiger partial charge in [-0.05, 0) is 49.8 Å². The minimum absolute atomic E-state index is 0.174. The van der Waals surface area contributed by atoms with Crippen LogP contribution in [0.1, 0.15) is 25.0 Å². The molecule has 0 aliphatic heterocycles. The monoisotopic (exact) mass is 328 g/mol. The molecule has 0 unspecified atom stereocenters. The summed E-state index contributed by atoms with van der Waals surface area (Å²) in [6, 6.07) is 11.7.